The summed E-state index contributed by atoms with van der Waals surface area (Å²) in [5.74, 6) is 0.946. The van der Waals surface area contributed by atoms with Crippen LogP contribution < -0.4 is 4.74 Å². The molecule has 25 heavy (non-hydrogen) atoms. The Labute approximate surface area is 146 Å². The highest BCUT2D eigenvalue weighted by atomic mass is 16.6. The number of piperidine rings is 1. The van der Waals surface area contributed by atoms with Crippen LogP contribution in [-0.4, -0.2) is 52.2 Å². The number of carbonyl (C=O) groups is 1. The molecule has 0 bridgehead atoms. The molecule has 4 heterocycles. The van der Waals surface area contributed by atoms with Crippen LogP contribution >= 0.6 is 0 Å². The molecule has 2 fully saturated rings. The average molecular weight is 343 g/mol. The van der Waals surface area contributed by atoms with Crippen molar-refractivity contribution < 1.29 is 18.7 Å². The van der Waals surface area contributed by atoms with Gasteiger partial charge in [-0.1, -0.05) is 0 Å². The fraction of sp³-hybridized carbons (Fsp3) is 0.500. The van der Waals surface area contributed by atoms with Gasteiger partial charge >= 0.3 is 0 Å². The van der Waals surface area contributed by atoms with Crippen LogP contribution in [0, 0.1) is 6.92 Å². The molecule has 7 heteroatoms. The summed E-state index contributed by atoms with van der Waals surface area (Å²) >= 11 is 0. The van der Waals surface area contributed by atoms with Crippen molar-refractivity contribution in [3.05, 3.63) is 42.4 Å². The van der Waals surface area contributed by atoms with Crippen LogP contribution in [0.3, 0.4) is 0 Å². The monoisotopic (exact) mass is 343 g/mol. The highest BCUT2D eigenvalue weighted by Crippen LogP contribution is 2.36. The summed E-state index contributed by atoms with van der Waals surface area (Å²) < 4.78 is 17.3. The third-order valence-corrected chi connectivity index (χ3v) is 4.88. The first-order chi connectivity index (χ1) is 12.2. The highest BCUT2D eigenvalue weighted by Gasteiger charge is 2.46. The van der Waals surface area contributed by atoms with Gasteiger partial charge in [0, 0.05) is 19.2 Å². The third kappa shape index (κ3) is 3.24. The van der Waals surface area contributed by atoms with Crippen molar-refractivity contribution >= 4 is 5.91 Å². The third-order valence-electron chi connectivity index (χ3n) is 4.88. The number of likely N-dealkylation sites (tertiary alicyclic amines) is 1. The van der Waals surface area contributed by atoms with Crippen LogP contribution in [0.25, 0.3) is 0 Å². The summed E-state index contributed by atoms with van der Waals surface area (Å²) in [4.78, 5) is 22.6. The SMILES string of the molecule is Cc1ncoc1C(=O)N1CCC[C@]2(C[C@@H](Oc3cccnc3)CO2)C1. The van der Waals surface area contributed by atoms with Gasteiger partial charge in [0.1, 0.15) is 11.9 Å². The zero-order chi connectivity index (χ0) is 17.3. The topological polar surface area (TPSA) is 77.7 Å². The van der Waals surface area contributed by atoms with Gasteiger partial charge < -0.3 is 18.8 Å². The minimum atomic E-state index is -0.339. The van der Waals surface area contributed by atoms with Crippen LogP contribution in [0.4, 0.5) is 0 Å². The first-order valence-electron chi connectivity index (χ1n) is 8.55. The molecule has 0 radical (unpaired) electrons. The van der Waals surface area contributed by atoms with Crippen molar-refractivity contribution in [3.63, 3.8) is 0 Å². The molecule has 0 unspecified atom stereocenters. The first-order valence-corrected chi connectivity index (χ1v) is 8.55. The van der Waals surface area contributed by atoms with E-state index in [1.807, 2.05) is 17.0 Å². The lowest BCUT2D eigenvalue weighted by Crippen LogP contribution is -2.50. The lowest BCUT2D eigenvalue weighted by Gasteiger charge is -2.39. The van der Waals surface area contributed by atoms with Crippen molar-refractivity contribution in [2.75, 3.05) is 19.7 Å². The van der Waals surface area contributed by atoms with E-state index >= 15 is 0 Å². The van der Waals surface area contributed by atoms with Crippen molar-refractivity contribution in [1.82, 2.24) is 14.9 Å². The molecule has 2 aromatic rings. The summed E-state index contributed by atoms with van der Waals surface area (Å²) in [5.41, 5.74) is 0.282. The molecule has 2 saturated heterocycles. The maximum atomic E-state index is 12.7. The molecule has 2 aromatic heterocycles. The average Bonchev–Trinajstić information content (AvgIpc) is 3.22. The van der Waals surface area contributed by atoms with E-state index in [0.717, 1.165) is 25.0 Å². The number of amides is 1. The minimum absolute atomic E-state index is 0.0220. The number of pyridine rings is 1. The fourth-order valence-electron chi connectivity index (χ4n) is 3.69. The Hall–Kier alpha value is -2.41. The number of hydrogen-bond acceptors (Lipinski definition) is 6. The Balaban J connectivity index is 1.42. The van der Waals surface area contributed by atoms with E-state index in [0.29, 0.717) is 31.2 Å². The van der Waals surface area contributed by atoms with E-state index in [9.17, 15) is 4.79 Å². The smallest absolute Gasteiger partial charge is 0.291 e. The quantitative estimate of drug-likeness (QED) is 0.850. The van der Waals surface area contributed by atoms with Gasteiger partial charge in [0.05, 0.1) is 30.6 Å². The molecular formula is C18H21N3O4. The van der Waals surface area contributed by atoms with Crippen LogP contribution in [0.5, 0.6) is 5.75 Å². The van der Waals surface area contributed by atoms with Gasteiger partial charge in [-0.15, -0.1) is 0 Å². The Morgan fingerprint density at radius 1 is 1.48 bits per heavy atom. The van der Waals surface area contributed by atoms with Crippen LogP contribution in [-0.2, 0) is 4.74 Å². The minimum Gasteiger partial charge on any atom is -0.486 e. The van der Waals surface area contributed by atoms with Gasteiger partial charge in [0.2, 0.25) is 5.76 Å². The summed E-state index contributed by atoms with van der Waals surface area (Å²) in [6.07, 6.45) is 7.31. The standard InChI is InChI=1S/C18H21N3O4/c1-13-16(23-12-20-13)17(22)21-7-3-5-18(11-21)8-15(10-24-18)25-14-4-2-6-19-9-14/h2,4,6,9,12,15H,3,5,7-8,10-11H2,1H3/t15-,18+/m1/s1. The number of carbonyl (C=O) groups excluding carboxylic acids is 1. The number of oxazole rings is 1. The number of aromatic nitrogens is 2. The largest absolute Gasteiger partial charge is 0.486 e. The van der Waals surface area contributed by atoms with Gasteiger partial charge in [-0.25, -0.2) is 4.98 Å². The van der Waals surface area contributed by atoms with E-state index < -0.39 is 0 Å². The van der Waals surface area contributed by atoms with Crippen molar-refractivity contribution in [2.24, 2.45) is 0 Å². The number of hydrogen-bond donors (Lipinski definition) is 0. The molecule has 0 aromatic carbocycles. The molecule has 4 rings (SSSR count). The van der Waals surface area contributed by atoms with E-state index in [2.05, 4.69) is 9.97 Å². The van der Waals surface area contributed by atoms with Crippen molar-refractivity contribution in [2.45, 2.75) is 37.9 Å². The number of rotatable bonds is 3. The summed E-state index contributed by atoms with van der Waals surface area (Å²) in [6.45, 7) is 3.57. The zero-order valence-corrected chi connectivity index (χ0v) is 14.2. The van der Waals surface area contributed by atoms with E-state index in [1.54, 1.807) is 19.3 Å². The molecule has 132 valence electrons. The highest BCUT2D eigenvalue weighted by molar-refractivity contribution is 5.92. The fourth-order valence-corrected chi connectivity index (χ4v) is 3.69. The van der Waals surface area contributed by atoms with Gasteiger partial charge in [0.15, 0.2) is 6.39 Å². The van der Waals surface area contributed by atoms with Gasteiger partial charge in [0.25, 0.3) is 5.91 Å². The number of ether oxygens (including phenoxy) is 2. The van der Waals surface area contributed by atoms with Crippen LogP contribution in [0.2, 0.25) is 0 Å². The zero-order valence-electron chi connectivity index (χ0n) is 14.2. The maximum Gasteiger partial charge on any atom is 0.291 e. The van der Waals surface area contributed by atoms with Crippen LogP contribution in [0.1, 0.15) is 35.5 Å². The Bertz CT molecular complexity index is 748. The lowest BCUT2D eigenvalue weighted by atomic mass is 9.89. The molecule has 2 atom stereocenters. The molecule has 0 N–H and O–H groups in total. The lowest BCUT2D eigenvalue weighted by molar-refractivity contribution is -0.0459. The molecular weight excluding hydrogens is 322 g/mol. The molecule has 1 amide bonds. The number of aryl methyl sites for hydroxylation is 1. The number of nitrogens with zero attached hydrogens (tertiary/aromatic N) is 3. The van der Waals surface area contributed by atoms with E-state index in [-0.39, 0.29) is 17.6 Å². The molecule has 2 aliphatic rings. The van der Waals surface area contributed by atoms with Gasteiger partial charge in [-0.05, 0) is 31.9 Å². The summed E-state index contributed by atoms with van der Waals surface area (Å²) in [7, 11) is 0. The second-order valence-corrected chi connectivity index (χ2v) is 6.72. The summed E-state index contributed by atoms with van der Waals surface area (Å²) in [6, 6.07) is 3.74. The van der Waals surface area contributed by atoms with E-state index in [4.69, 9.17) is 13.9 Å². The van der Waals surface area contributed by atoms with Gasteiger partial charge in [-0.3, -0.25) is 9.78 Å². The predicted octanol–water partition coefficient (Wildman–Crippen LogP) is 2.22. The molecule has 7 nitrogen and oxygen atoms in total. The van der Waals surface area contributed by atoms with Crippen molar-refractivity contribution in [1.29, 1.82) is 0 Å². The Morgan fingerprint density at radius 2 is 2.40 bits per heavy atom. The molecule has 0 saturated carbocycles. The maximum absolute atomic E-state index is 12.7. The van der Waals surface area contributed by atoms with Crippen molar-refractivity contribution in [3.8, 4) is 5.75 Å². The Morgan fingerprint density at radius 3 is 3.16 bits per heavy atom. The summed E-state index contributed by atoms with van der Waals surface area (Å²) in [5, 5.41) is 0. The molecule has 2 aliphatic heterocycles. The Kier molecular flexibility index (Phi) is 4.17. The second kappa shape index (κ2) is 6.48. The van der Waals surface area contributed by atoms with Gasteiger partial charge in [-0.2, -0.15) is 0 Å². The first kappa shape index (κ1) is 16.1. The molecule has 0 aliphatic carbocycles. The second-order valence-electron chi connectivity index (χ2n) is 6.72. The van der Waals surface area contributed by atoms with E-state index in [1.165, 1.54) is 6.39 Å². The molecule has 1 spiro atoms. The normalized spacial score (nSPS) is 26.1. The van der Waals surface area contributed by atoms with Crippen LogP contribution in [0.15, 0.2) is 35.3 Å². The predicted molar refractivity (Wildman–Crippen MR) is 88.3 cm³/mol.